The second-order valence-corrected chi connectivity index (χ2v) is 4.55. The van der Waals surface area contributed by atoms with Gasteiger partial charge in [0.1, 0.15) is 17.7 Å². The van der Waals surface area contributed by atoms with E-state index >= 15 is 0 Å². The van der Waals surface area contributed by atoms with Crippen LogP contribution in [-0.2, 0) is 4.79 Å². The molecule has 0 aliphatic carbocycles. The highest BCUT2D eigenvalue weighted by molar-refractivity contribution is 5.76. The van der Waals surface area contributed by atoms with Crippen molar-refractivity contribution in [1.82, 2.24) is 5.32 Å². The van der Waals surface area contributed by atoms with Gasteiger partial charge in [0.25, 0.3) is 0 Å². The number of carbonyl (C=O) groups is 1. The van der Waals surface area contributed by atoms with Crippen LogP contribution < -0.4 is 5.32 Å². The van der Waals surface area contributed by atoms with Crippen LogP contribution in [0.15, 0.2) is 18.2 Å². The molecule has 3 nitrogen and oxygen atoms in total. The number of benzene rings is 1. The van der Waals surface area contributed by atoms with Crippen molar-refractivity contribution in [3.05, 3.63) is 35.4 Å². The third kappa shape index (κ3) is 4.07. The van der Waals surface area contributed by atoms with Crippen molar-refractivity contribution >= 4 is 5.91 Å². The average molecular weight is 257 g/mol. The predicted molar refractivity (Wildman–Crippen MR) is 63.8 cm³/mol. The molecule has 2 N–H and O–H groups in total. The predicted octanol–water partition coefficient (Wildman–Crippen LogP) is 2.16. The maximum atomic E-state index is 13.3. The van der Waals surface area contributed by atoms with E-state index in [9.17, 15) is 18.7 Å². The van der Waals surface area contributed by atoms with Gasteiger partial charge in [0, 0.05) is 13.0 Å². The number of aliphatic hydroxyl groups is 1. The summed E-state index contributed by atoms with van der Waals surface area (Å²) in [6.07, 6.45) is -1.07. The van der Waals surface area contributed by atoms with Crippen molar-refractivity contribution < 1.29 is 18.7 Å². The molecule has 0 saturated carbocycles. The van der Waals surface area contributed by atoms with Gasteiger partial charge in [-0.1, -0.05) is 19.9 Å². The van der Waals surface area contributed by atoms with Crippen molar-refractivity contribution in [2.45, 2.75) is 26.4 Å². The monoisotopic (exact) mass is 257 g/mol. The fourth-order valence-corrected chi connectivity index (χ4v) is 1.58. The van der Waals surface area contributed by atoms with Gasteiger partial charge < -0.3 is 10.4 Å². The lowest BCUT2D eigenvalue weighted by molar-refractivity contribution is -0.122. The molecule has 0 radical (unpaired) electrons. The van der Waals surface area contributed by atoms with Crippen LogP contribution in [0.2, 0.25) is 0 Å². The fraction of sp³-hybridized carbons (Fsp3) is 0.462. The normalized spacial score (nSPS) is 12.6. The number of nitrogens with one attached hydrogen (secondary N) is 1. The van der Waals surface area contributed by atoms with Crippen molar-refractivity contribution in [2.75, 3.05) is 6.54 Å². The SMILES string of the molecule is CC(C)CC(=O)NC[C@H](O)c1c(F)cccc1F. The molecule has 0 spiro atoms. The second-order valence-electron chi connectivity index (χ2n) is 4.55. The van der Waals surface area contributed by atoms with E-state index in [0.29, 0.717) is 6.42 Å². The van der Waals surface area contributed by atoms with Crippen molar-refractivity contribution in [2.24, 2.45) is 5.92 Å². The highest BCUT2D eigenvalue weighted by atomic mass is 19.1. The zero-order valence-electron chi connectivity index (χ0n) is 10.4. The number of hydrogen-bond acceptors (Lipinski definition) is 2. The number of rotatable bonds is 5. The molecule has 0 aliphatic heterocycles. The first-order chi connectivity index (χ1) is 8.41. The molecule has 1 aromatic rings. The Hall–Kier alpha value is -1.49. The van der Waals surface area contributed by atoms with Crippen molar-refractivity contribution in [3.63, 3.8) is 0 Å². The van der Waals surface area contributed by atoms with Crippen molar-refractivity contribution in [3.8, 4) is 0 Å². The van der Waals surface area contributed by atoms with E-state index in [2.05, 4.69) is 5.32 Å². The molecule has 100 valence electrons. The van der Waals surface area contributed by atoms with Gasteiger partial charge >= 0.3 is 0 Å². The minimum absolute atomic E-state index is 0.187. The first kappa shape index (κ1) is 14.6. The Kier molecular flexibility index (Phi) is 5.22. The first-order valence-corrected chi connectivity index (χ1v) is 5.80. The summed E-state index contributed by atoms with van der Waals surface area (Å²) in [6.45, 7) is 3.56. The highest BCUT2D eigenvalue weighted by Crippen LogP contribution is 2.19. The average Bonchev–Trinajstić information content (AvgIpc) is 2.25. The molecular formula is C13H17F2NO2. The summed E-state index contributed by atoms with van der Waals surface area (Å²) in [7, 11) is 0. The first-order valence-electron chi connectivity index (χ1n) is 5.80. The molecule has 1 rings (SSSR count). The van der Waals surface area contributed by atoms with Crippen LogP contribution in [0.3, 0.4) is 0 Å². The maximum Gasteiger partial charge on any atom is 0.220 e. The van der Waals surface area contributed by atoms with Crippen LogP contribution >= 0.6 is 0 Å². The van der Waals surface area contributed by atoms with Gasteiger partial charge in [-0.25, -0.2) is 8.78 Å². The Labute approximate surface area is 105 Å². The Balaban J connectivity index is 2.61. The molecule has 1 atom stereocenters. The molecule has 1 aromatic carbocycles. The Morgan fingerprint density at radius 3 is 2.39 bits per heavy atom. The lowest BCUT2D eigenvalue weighted by atomic mass is 10.1. The summed E-state index contributed by atoms with van der Waals surface area (Å²) >= 11 is 0. The van der Waals surface area contributed by atoms with E-state index in [-0.39, 0.29) is 18.4 Å². The largest absolute Gasteiger partial charge is 0.386 e. The molecule has 0 saturated heterocycles. The molecule has 0 heterocycles. The van der Waals surface area contributed by atoms with Gasteiger partial charge in [-0.2, -0.15) is 0 Å². The zero-order valence-corrected chi connectivity index (χ0v) is 10.4. The van der Waals surface area contributed by atoms with Crippen LogP contribution in [0.25, 0.3) is 0 Å². The summed E-state index contributed by atoms with van der Waals surface area (Å²) in [6, 6.07) is 3.35. The number of amides is 1. The summed E-state index contributed by atoms with van der Waals surface area (Å²) in [5, 5.41) is 12.1. The summed E-state index contributed by atoms with van der Waals surface area (Å²) in [4.78, 5) is 11.3. The lowest BCUT2D eigenvalue weighted by Gasteiger charge is -2.14. The van der Waals surface area contributed by atoms with Gasteiger partial charge in [-0.3, -0.25) is 4.79 Å². The second kappa shape index (κ2) is 6.44. The molecule has 18 heavy (non-hydrogen) atoms. The molecular weight excluding hydrogens is 240 g/mol. The van der Waals surface area contributed by atoms with E-state index in [1.807, 2.05) is 13.8 Å². The van der Waals surface area contributed by atoms with Crippen molar-refractivity contribution in [1.29, 1.82) is 0 Å². The van der Waals surface area contributed by atoms with E-state index in [0.717, 1.165) is 12.1 Å². The minimum atomic E-state index is -1.39. The van der Waals surface area contributed by atoms with Crippen LogP contribution in [-0.4, -0.2) is 17.6 Å². The minimum Gasteiger partial charge on any atom is -0.386 e. The third-order valence-corrected chi connectivity index (χ3v) is 2.42. The lowest BCUT2D eigenvalue weighted by Crippen LogP contribution is -2.29. The number of hydrogen-bond donors (Lipinski definition) is 2. The number of aliphatic hydroxyl groups excluding tert-OH is 1. The highest BCUT2D eigenvalue weighted by Gasteiger charge is 2.18. The standard InChI is InChI=1S/C13H17F2NO2/c1-8(2)6-12(18)16-7-11(17)13-9(14)4-3-5-10(13)15/h3-5,8,11,17H,6-7H2,1-2H3,(H,16,18)/t11-/m0/s1. The molecule has 1 amide bonds. The van der Waals surface area contributed by atoms with E-state index < -0.39 is 23.3 Å². The van der Waals surface area contributed by atoms with Gasteiger partial charge in [0.05, 0.1) is 5.56 Å². The molecule has 0 unspecified atom stereocenters. The smallest absolute Gasteiger partial charge is 0.220 e. The van der Waals surface area contributed by atoms with Crippen LogP contribution in [0.1, 0.15) is 31.9 Å². The maximum absolute atomic E-state index is 13.3. The van der Waals surface area contributed by atoms with Gasteiger partial charge in [-0.15, -0.1) is 0 Å². The van der Waals surface area contributed by atoms with Crippen LogP contribution in [0.5, 0.6) is 0 Å². The van der Waals surface area contributed by atoms with Crippen LogP contribution in [0, 0.1) is 17.6 Å². The third-order valence-electron chi connectivity index (χ3n) is 2.42. The number of halogens is 2. The van der Waals surface area contributed by atoms with Gasteiger partial charge in [0.15, 0.2) is 0 Å². The Morgan fingerprint density at radius 2 is 1.89 bits per heavy atom. The van der Waals surface area contributed by atoms with E-state index in [1.54, 1.807) is 0 Å². The molecule has 0 aliphatic rings. The van der Waals surface area contributed by atoms with E-state index in [1.165, 1.54) is 6.07 Å². The zero-order chi connectivity index (χ0) is 13.7. The van der Waals surface area contributed by atoms with Gasteiger partial charge in [0.2, 0.25) is 5.91 Å². The molecule has 0 bridgehead atoms. The summed E-state index contributed by atoms with van der Waals surface area (Å²) in [5.74, 6) is -1.70. The molecule has 0 fully saturated rings. The summed E-state index contributed by atoms with van der Waals surface area (Å²) in [5.41, 5.74) is -0.414. The summed E-state index contributed by atoms with van der Waals surface area (Å²) < 4.78 is 26.6. The molecule has 0 aromatic heterocycles. The topological polar surface area (TPSA) is 49.3 Å². The van der Waals surface area contributed by atoms with E-state index in [4.69, 9.17) is 0 Å². The number of carbonyl (C=O) groups excluding carboxylic acids is 1. The quantitative estimate of drug-likeness (QED) is 0.849. The van der Waals surface area contributed by atoms with Gasteiger partial charge in [-0.05, 0) is 18.1 Å². The Bertz CT molecular complexity index is 401. The molecule has 5 heteroatoms. The Morgan fingerprint density at radius 1 is 1.33 bits per heavy atom. The fourth-order valence-electron chi connectivity index (χ4n) is 1.58. The van der Waals surface area contributed by atoms with Crippen LogP contribution in [0.4, 0.5) is 8.78 Å².